The van der Waals surface area contributed by atoms with Crippen LogP contribution in [0.15, 0.2) is 29.6 Å². The standard InChI is InChI=1S/C21H27ClN4OS/c22-19-7-3-2-6-18(19)21-23-17(16-28-21)14-24-10-12-25(13-11-24)15-20(27)26-8-4-1-5-9-26/h2-3,6-7,16H,1,4-5,8-15H2. The van der Waals surface area contributed by atoms with Crippen LogP contribution in [0.3, 0.4) is 0 Å². The highest BCUT2D eigenvalue weighted by atomic mass is 35.5. The first-order chi connectivity index (χ1) is 13.7. The lowest BCUT2D eigenvalue weighted by Gasteiger charge is -2.35. The first-order valence-corrected chi connectivity index (χ1v) is 11.4. The third-order valence-corrected chi connectivity index (χ3v) is 6.83. The van der Waals surface area contributed by atoms with E-state index < -0.39 is 0 Å². The Morgan fingerprint density at radius 3 is 2.46 bits per heavy atom. The summed E-state index contributed by atoms with van der Waals surface area (Å²) in [6.45, 7) is 7.16. The van der Waals surface area contributed by atoms with E-state index in [0.29, 0.717) is 12.5 Å². The fraction of sp³-hybridized carbons (Fsp3) is 0.524. The molecule has 3 heterocycles. The molecule has 2 fully saturated rings. The van der Waals surface area contributed by atoms with Gasteiger partial charge in [-0.3, -0.25) is 14.6 Å². The fourth-order valence-electron chi connectivity index (χ4n) is 3.91. The highest BCUT2D eigenvalue weighted by molar-refractivity contribution is 7.13. The molecular formula is C21H27ClN4OS. The highest BCUT2D eigenvalue weighted by Gasteiger charge is 2.23. The second-order valence-electron chi connectivity index (χ2n) is 7.62. The zero-order valence-electron chi connectivity index (χ0n) is 16.1. The lowest BCUT2D eigenvalue weighted by Crippen LogP contribution is -2.50. The number of carbonyl (C=O) groups excluding carboxylic acids is 1. The van der Waals surface area contributed by atoms with Crippen molar-refractivity contribution in [2.24, 2.45) is 0 Å². The predicted octanol–water partition coefficient (Wildman–Crippen LogP) is 3.59. The van der Waals surface area contributed by atoms with Crippen molar-refractivity contribution in [3.63, 3.8) is 0 Å². The van der Waals surface area contributed by atoms with Gasteiger partial charge in [0.15, 0.2) is 0 Å². The molecule has 1 aromatic carbocycles. The summed E-state index contributed by atoms with van der Waals surface area (Å²) in [5.74, 6) is 0.303. The minimum absolute atomic E-state index is 0.303. The Morgan fingerprint density at radius 2 is 1.71 bits per heavy atom. The number of nitrogens with zero attached hydrogens (tertiary/aromatic N) is 4. The largest absolute Gasteiger partial charge is 0.342 e. The predicted molar refractivity (Wildman–Crippen MR) is 115 cm³/mol. The summed E-state index contributed by atoms with van der Waals surface area (Å²) >= 11 is 7.94. The quantitative estimate of drug-likeness (QED) is 0.743. The lowest BCUT2D eigenvalue weighted by atomic mass is 10.1. The van der Waals surface area contributed by atoms with Crippen molar-refractivity contribution in [3.8, 4) is 10.6 Å². The van der Waals surface area contributed by atoms with Crippen LogP contribution >= 0.6 is 22.9 Å². The number of halogens is 1. The van der Waals surface area contributed by atoms with Crippen LogP contribution in [0.2, 0.25) is 5.02 Å². The average Bonchev–Trinajstić information content (AvgIpc) is 3.18. The molecule has 0 saturated carbocycles. The van der Waals surface area contributed by atoms with Gasteiger partial charge in [0, 0.05) is 56.8 Å². The summed E-state index contributed by atoms with van der Waals surface area (Å²) in [5.41, 5.74) is 2.10. The van der Waals surface area contributed by atoms with Crippen LogP contribution in [-0.4, -0.2) is 71.4 Å². The van der Waals surface area contributed by atoms with Gasteiger partial charge in [0.1, 0.15) is 5.01 Å². The number of benzene rings is 1. The molecule has 2 aliphatic heterocycles. The van der Waals surface area contributed by atoms with Crippen LogP contribution < -0.4 is 0 Å². The molecule has 4 rings (SSSR count). The second-order valence-corrected chi connectivity index (χ2v) is 8.88. The third kappa shape index (κ3) is 4.92. The topological polar surface area (TPSA) is 39.7 Å². The van der Waals surface area contributed by atoms with E-state index in [-0.39, 0.29) is 0 Å². The van der Waals surface area contributed by atoms with Gasteiger partial charge >= 0.3 is 0 Å². The van der Waals surface area contributed by atoms with Gasteiger partial charge < -0.3 is 4.90 Å². The Kier molecular flexibility index (Phi) is 6.62. The number of aromatic nitrogens is 1. The molecule has 2 saturated heterocycles. The minimum atomic E-state index is 0.303. The molecular weight excluding hydrogens is 392 g/mol. The Hall–Kier alpha value is -1.47. The van der Waals surface area contributed by atoms with Gasteiger partial charge in [-0.2, -0.15) is 0 Å². The van der Waals surface area contributed by atoms with E-state index in [1.807, 2.05) is 29.2 Å². The van der Waals surface area contributed by atoms with Gasteiger partial charge in [-0.15, -0.1) is 11.3 Å². The summed E-state index contributed by atoms with van der Waals surface area (Å²) in [7, 11) is 0. The van der Waals surface area contributed by atoms with Gasteiger partial charge in [-0.1, -0.05) is 29.8 Å². The number of hydrogen-bond acceptors (Lipinski definition) is 5. The SMILES string of the molecule is O=C(CN1CCN(Cc2csc(-c3ccccc3Cl)n2)CC1)N1CCCCC1. The van der Waals surface area contributed by atoms with E-state index in [0.717, 1.165) is 79.9 Å². The number of piperidine rings is 1. The molecule has 0 atom stereocenters. The van der Waals surface area contributed by atoms with Crippen molar-refractivity contribution in [2.45, 2.75) is 25.8 Å². The van der Waals surface area contributed by atoms with Crippen LogP contribution in [0, 0.1) is 0 Å². The molecule has 1 aromatic heterocycles. The summed E-state index contributed by atoms with van der Waals surface area (Å²) in [4.78, 5) is 24.0. The highest BCUT2D eigenvalue weighted by Crippen LogP contribution is 2.30. The Morgan fingerprint density at radius 1 is 1.00 bits per heavy atom. The molecule has 5 nitrogen and oxygen atoms in total. The van der Waals surface area contributed by atoms with Gasteiger partial charge in [-0.25, -0.2) is 4.98 Å². The van der Waals surface area contributed by atoms with E-state index >= 15 is 0 Å². The number of piperazine rings is 1. The second kappa shape index (κ2) is 9.35. The zero-order valence-corrected chi connectivity index (χ0v) is 17.7. The smallest absolute Gasteiger partial charge is 0.236 e. The Bertz CT molecular complexity index is 797. The maximum atomic E-state index is 12.5. The van der Waals surface area contributed by atoms with Crippen molar-refractivity contribution in [3.05, 3.63) is 40.4 Å². The van der Waals surface area contributed by atoms with Crippen LogP contribution in [0.1, 0.15) is 25.0 Å². The minimum Gasteiger partial charge on any atom is -0.342 e. The molecule has 0 aliphatic carbocycles. The average molecular weight is 419 g/mol. The lowest BCUT2D eigenvalue weighted by molar-refractivity contribution is -0.133. The Balaban J connectivity index is 1.26. The van der Waals surface area contributed by atoms with E-state index in [4.69, 9.17) is 16.6 Å². The number of thiazole rings is 1. The van der Waals surface area contributed by atoms with Crippen molar-refractivity contribution in [1.82, 2.24) is 19.7 Å². The van der Waals surface area contributed by atoms with Crippen molar-refractivity contribution in [1.29, 1.82) is 0 Å². The number of amides is 1. The third-order valence-electron chi connectivity index (χ3n) is 5.57. The molecule has 28 heavy (non-hydrogen) atoms. The zero-order chi connectivity index (χ0) is 19.3. The van der Waals surface area contributed by atoms with Gasteiger partial charge in [0.2, 0.25) is 5.91 Å². The van der Waals surface area contributed by atoms with E-state index in [2.05, 4.69) is 15.2 Å². The molecule has 2 aromatic rings. The molecule has 0 spiro atoms. The van der Waals surface area contributed by atoms with Crippen molar-refractivity contribution < 1.29 is 4.79 Å². The maximum Gasteiger partial charge on any atom is 0.236 e. The monoisotopic (exact) mass is 418 g/mol. The van der Waals surface area contributed by atoms with Crippen molar-refractivity contribution >= 4 is 28.8 Å². The summed E-state index contributed by atoms with van der Waals surface area (Å²) in [6.07, 6.45) is 3.57. The molecule has 2 aliphatic rings. The van der Waals surface area contributed by atoms with Gasteiger partial charge in [-0.05, 0) is 25.3 Å². The van der Waals surface area contributed by atoms with E-state index in [9.17, 15) is 4.79 Å². The van der Waals surface area contributed by atoms with Gasteiger partial charge in [0.25, 0.3) is 0 Å². The molecule has 7 heteroatoms. The van der Waals surface area contributed by atoms with E-state index in [1.54, 1.807) is 11.3 Å². The molecule has 0 N–H and O–H groups in total. The fourth-order valence-corrected chi connectivity index (χ4v) is 5.04. The van der Waals surface area contributed by atoms with Crippen LogP contribution in [0.25, 0.3) is 10.6 Å². The Labute approximate surface area is 175 Å². The molecule has 0 unspecified atom stereocenters. The van der Waals surface area contributed by atoms with Gasteiger partial charge in [0.05, 0.1) is 17.3 Å². The van der Waals surface area contributed by atoms with Crippen LogP contribution in [-0.2, 0) is 11.3 Å². The molecule has 0 bridgehead atoms. The normalized spacial score (nSPS) is 19.1. The van der Waals surface area contributed by atoms with E-state index in [1.165, 1.54) is 6.42 Å². The van der Waals surface area contributed by atoms with Crippen LogP contribution in [0.5, 0.6) is 0 Å². The molecule has 1 amide bonds. The first kappa shape index (κ1) is 19.8. The first-order valence-electron chi connectivity index (χ1n) is 10.1. The molecule has 150 valence electrons. The number of carbonyl (C=O) groups is 1. The number of likely N-dealkylation sites (tertiary alicyclic amines) is 1. The summed E-state index contributed by atoms with van der Waals surface area (Å²) in [6, 6.07) is 7.86. The summed E-state index contributed by atoms with van der Waals surface area (Å²) < 4.78 is 0. The summed E-state index contributed by atoms with van der Waals surface area (Å²) in [5, 5.41) is 3.85. The number of hydrogen-bond donors (Lipinski definition) is 0. The van der Waals surface area contributed by atoms with Crippen molar-refractivity contribution in [2.75, 3.05) is 45.8 Å². The van der Waals surface area contributed by atoms with Crippen LogP contribution in [0.4, 0.5) is 0 Å². The number of rotatable bonds is 5. The molecule has 0 radical (unpaired) electrons. The maximum absolute atomic E-state index is 12.5.